The molecule has 3 nitrogen and oxygen atoms in total. The molecular weight excluding hydrogens is 432 g/mol. The van der Waals surface area contributed by atoms with Gasteiger partial charge in [-0.25, -0.2) is 0 Å². The predicted molar refractivity (Wildman–Crippen MR) is 154 cm³/mol. The van der Waals surface area contributed by atoms with Crippen LogP contribution in [0.3, 0.4) is 0 Å². The average molecular weight is 499 g/mol. The smallest absolute Gasteiger partial charge is 0.157 e. The lowest BCUT2D eigenvalue weighted by molar-refractivity contribution is -0.148. The maximum atomic E-state index is 6.14. The van der Waals surface area contributed by atoms with Gasteiger partial charge in [0.15, 0.2) is 6.29 Å². The summed E-state index contributed by atoms with van der Waals surface area (Å²) < 4.78 is 18.1. The first-order valence-electron chi connectivity index (χ1n) is 16.2. The second kappa shape index (κ2) is 31.9. The van der Waals surface area contributed by atoms with Crippen LogP contribution in [0.5, 0.6) is 0 Å². The second-order valence-corrected chi connectivity index (χ2v) is 10.6. The van der Waals surface area contributed by atoms with Crippen LogP contribution in [-0.4, -0.2) is 32.7 Å². The SMILES string of the molecule is CCCCCCCCCOCCCCCCCCC(OCCCCCCC)OCCCCCCC. The second-order valence-electron chi connectivity index (χ2n) is 10.6. The monoisotopic (exact) mass is 499 g/mol. The minimum atomic E-state index is 0.0207. The highest BCUT2D eigenvalue weighted by Gasteiger charge is 2.09. The minimum absolute atomic E-state index is 0.0207. The first-order valence-corrected chi connectivity index (χ1v) is 16.2. The lowest BCUT2D eigenvalue weighted by Crippen LogP contribution is -2.19. The van der Waals surface area contributed by atoms with Crippen LogP contribution < -0.4 is 0 Å². The highest BCUT2D eigenvalue weighted by Crippen LogP contribution is 2.14. The van der Waals surface area contributed by atoms with E-state index in [4.69, 9.17) is 14.2 Å². The number of hydrogen-bond donors (Lipinski definition) is 0. The Morgan fingerprint density at radius 2 is 0.657 bits per heavy atom. The molecular formula is C32H66O3. The van der Waals surface area contributed by atoms with Crippen molar-refractivity contribution >= 4 is 0 Å². The standard InChI is InChI=1S/C32H66O3/c1-4-7-10-13-15-20-23-28-33-29-24-21-16-14-17-22-27-32(34-30-25-18-11-8-5-2)35-31-26-19-12-9-6-3/h32H,4-31H2,1-3H3. The Hall–Kier alpha value is -0.120. The minimum Gasteiger partial charge on any atom is -0.381 e. The Balaban J connectivity index is 3.62. The normalized spacial score (nSPS) is 11.7. The number of ether oxygens (including phenoxy) is 3. The summed E-state index contributed by atoms with van der Waals surface area (Å²) in [5.41, 5.74) is 0. The highest BCUT2D eigenvalue weighted by molar-refractivity contribution is 4.53. The number of unbranched alkanes of at least 4 members (excludes halogenated alkanes) is 19. The molecule has 0 amide bonds. The van der Waals surface area contributed by atoms with E-state index in [9.17, 15) is 0 Å². The van der Waals surface area contributed by atoms with Crippen molar-refractivity contribution in [3.8, 4) is 0 Å². The summed E-state index contributed by atoms with van der Waals surface area (Å²) in [4.78, 5) is 0. The number of hydrogen-bond acceptors (Lipinski definition) is 3. The zero-order valence-corrected chi connectivity index (χ0v) is 24.6. The fourth-order valence-electron chi connectivity index (χ4n) is 4.54. The maximum absolute atomic E-state index is 6.14. The first kappa shape index (κ1) is 34.9. The van der Waals surface area contributed by atoms with Crippen molar-refractivity contribution < 1.29 is 14.2 Å². The Morgan fingerprint density at radius 3 is 1.06 bits per heavy atom. The molecule has 0 saturated heterocycles. The largest absolute Gasteiger partial charge is 0.381 e. The van der Waals surface area contributed by atoms with Gasteiger partial charge in [0.05, 0.1) is 0 Å². The van der Waals surface area contributed by atoms with Gasteiger partial charge in [0.2, 0.25) is 0 Å². The van der Waals surface area contributed by atoms with Crippen molar-refractivity contribution in [2.45, 2.75) is 181 Å². The van der Waals surface area contributed by atoms with E-state index in [0.29, 0.717) is 0 Å². The van der Waals surface area contributed by atoms with E-state index >= 15 is 0 Å². The van der Waals surface area contributed by atoms with E-state index in [1.165, 1.54) is 148 Å². The lowest BCUT2D eigenvalue weighted by Gasteiger charge is -2.19. The zero-order chi connectivity index (χ0) is 25.5. The van der Waals surface area contributed by atoms with Crippen LogP contribution in [0, 0.1) is 0 Å². The summed E-state index contributed by atoms with van der Waals surface area (Å²) in [5.74, 6) is 0. The molecule has 0 heterocycles. The molecule has 0 saturated carbocycles. The van der Waals surface area contributed by atoms with Gasteiger partial charge in [0.25, 0.3) is 0 Å². The van der Waals surface area contributed by atoms with Crippen LogP contribution >= 0.6 is 0 Å². The first-order chi connectivity index (χ1) is 17.3. The van der Waals surface area contributed by atoms with Gasteiger partial charge in [-0.05, 0) is 38.5 Å². The summed E-state index contributed by atoms with van der Waals surface area (Å²) in [7, 11) is 0. The summed E-state index contributed by atoms with van der Waals surface area (Å²) in [6.45, 7) is 10.5. The van der Waals surface area contributed by atoms with Crippen LogP contribution in [0.25, 0.3) is 0 Å². The van der Waals surface area contributed by atoms with E-state index in [1.807, 2.05) is 0 Å². The van der Waals surface area contributed by atoms with E-state index in [2.05, 4.69) is 20.8 Å². The lowest BCUT2D eigenvalue weighted by atomic mass is 10.1. The van der Waals surface area contributed by atoms with Crippen LogP contribution in [0.2, 0.25) is 0 Å². The maximum Gasteiger partial charge on any atom is 0.157 e. The van der Waals surface area contributed by atoms with Crippen LogP contribution in [-0.2, 0) is 14.2 Å². The topological polar surface area (TPSA) is 27.7 Å². The van der Waals surface area contributed by atoms with Gasteiger partial charge in [-0.15, -0.1) is 0 Å². The van der Waals surface area contributed by atoms with E-state index in [1.54, 1.807) is 0 Å². The van der Waals surface area contributed by atoms with Crippen molar-refractivity contribution in [3.05, 3.63) is 0 Å². The quantitative estimate of drug-likeness (QED) is 0.0702. The fraction of sp³-hybridized carbons (Fsp3) is 1.00. The number of rotatable bonds is 31. The molecule has 0 radical (unpaired) electrons. The Bertz CT molecular complexity index is 345. The third-order valence-electron chi connectivity index (χ3n) is 6.97. The summed E-state index contributed by atoms with van der Waals surface area (Å²) >= 11 is 0. The van der Waals surface area contributed by atoms with Crippen molar-refractivity contribution in [1.29, 1.82) is 0 Å². The Kier molecular flexibility index (Phi) is 31.8. The summed E-state index contributed by atoms with van der Waals surface area (Å²) in [5, 5.41) is 0. The molecule has 0 aliphatic heterocycles. The molecule has 0 fully saturated rings. The van der Waals surface area contributed by atoms with Crippen LogP contribution in [0.1, 0.15) is 175 Å². The van der Waals surface area contributed by atoms with Gasteiger partial charge in [-0.3, -0.25) is 0 Å². The van der Waals surface area contributed by atoms with E-state index in [-0.39, 0.29) is 6.29 Å². The molecule has 35 heavy (non-hydrogen) atoms. The van der Waals surface area contributed by atoms with Gasteiger partial charge < -0.3 is 14.2 Å². The Labute approximate surface area is 221 Å². The van der Waals surface area contributed by atoms with Crippen molar-refractivity contribution in [1.82, 2.24) is 0 Å². The molecule has 0 unspecified atom stereocenters. The molecule has 0 aliphatic carbocycles. The van der Waals surface area contributed by atoms with Gasteiger partial charge in [0, 0.05) is 26.4 Å². The molecule has 0 aromatic carbocycles. The molecule has 0 N–H and O–H groups in total. The fourth-order valence-corrected chi connectivity index (χ4v) is 4.54. The summed E-state index contributed by atoms with van der Waals surface area (Å²) in [6, 6.07) is 0. The van der Waals surface area contributed by atoms with Crippen molar-refractivity contribution in [2.24, 2.45) is 0 Å². The molecule has 0 aromatic heterocycles. The van der Waals surface area contributed by atoms with Gasteiger partial charge in [0.1, 0.15) is 0 Å². The van der Waals surface area contributed by atoms with Crippen molar-refractivity contribution in [2.75, 3.05) is 26.4 Å². The van der Waals surface area contributed by atoms with Gasteiger partial charge >= 0.3 is 0 Å². The molecule has 0 bridgehead atoms. The van der Waals surface area contributed by atoms with Crippen LogP contribution in [0.15, 0.2) is 0 Å². The summed E-state index contributed by atoms with van der Waals surface area (Å²) in [6.07, 6.45) is 31.3. The van der Waals surface area contributed by atoms with E-state index < -0.39 is 0 Å². The van der Waals surface area contributed by atoms with Crippen LogP contribution in [0.4, 0.5) is 0 Å². The molecule has 0 atom stereocenters. The van der Waals surface area contributed by atoms with Crippen molar-refractivity contribution in [3.63, 3.8) is 0 Å². The average Bonchev–Trinajstić information content (AvgIpc) is 2.87. The van der Waals surface area contributed by atoms with Gasteiger partial charge in [-0.1, -0.05) is 136 Å². The Morgan fingerprint density at radius 1 is 0.343 bits per heavy atom. The molecule has 3 heteroatoms. The third kappa shape index (κ3) is 30.0. The zero-order valence-electron chi connectivity index (χ0n) is 24.6. The third-order valence-corrected chi connectivity index (χ3v) is 6.97. The molecule has 0 aromatic rings. The molecule has 0 spiro atoms. The highest BCUT2D eigenvalue weighted by atomic mass is 16.7. The van der Waals surface area contributed by atoms with Gasteiger partial charge in [-0.2, -0.15) is 0 Å². The van der Waals surface area contributed by atoms with E-state index in [0.717, 1.165) is 32.8 Å². The molecule has 0 aliphatic rings. The molecule has 212 valence electrons. The predicted octanol–water partition coefficient (Wildman–Crippen LogP) is 10.8. The molecule has 0 rings (SSSR count).